The minimum atomic E-state index is 0.0523. The standard InChI is InChI=1S/C19H21N5O/c1-15-18(13-21-24(15)16-7-3-2-4-8-16)19(25)22-11-5-9-17(14-22)23-12-6-10-20-23/h2-4,6-8,10,12-13,17H,5,9,11,14H2,1H3. The first-order valence-corrected chi connectivity index (χ1v) is 8.62. The number of nitrogens with zero attached hydrogens (tertiary/aromatic N) is 5. The largest absolute Gasteiger partial charge is 0.336 e. The topological polar surface area (TPSA) is 56.0 Å². The molecule has 25 heavy (non-hydrogen) atoms. The molecule has 3 aromatic rings. The van der Waals surface area contributed by atoms with Crippen LogP contribution in [0.15, 0.2) is 55.0 Å². The number of piperidine rings is 1. The van der Waals surface area contributed by atoms with Crippen LogP contribution in [0.25, 0.3) is 5.69 Å². The molecule has 1 unspecified atom stereocenters. The van der Waals surface area contributed by atoms with E-state index in [-0.39, 0.29) is 11.9 Å². The second kappa shape index (κ2) is 6.55. The Labute approximate surface area is 146 Å². The highest BCUT2D eigenvalue weighted by Crippen LogP contribution is 2.23. The molecule has 6 heteroatoms. The van der Waals surface area contributed by atoms with Crippen molar-refractivity contribution in [1.82, 2.24) is 24.5 Å². The van der Waals surface area contributed by atoms with Crippen molar-refractivity contribution in [3.05, 3.63) is 66.2 Å². The number of rotatable bonds is 3. The van der Waals surface area contributed by atoms with E-state index in [1.165, 1.54) is 0 Å². The van der Waals surface area contributed by atoms with Gasteiger partial charge in [-0.25, -0.2) is 4.68 Å². The van der Waals surface area contributed by atoms with Crippen molar-refractivity contribution >= 4 is 5.91 Å². The Morgan fingerprint density at radius 2 is 2.00 bits per heavy atom. The quantitative estimate of drug-likeness (QED) is 0.739. The summed E-state index contributed by atoms with van der Waals surface area (Å²) in [5.41, 5.74) is 2.51. The first-order chi connectivity index (χ1) is 12.2. The number of likely N-dealkylation sites (tertiary alicyclic amines) is 1. The zero-order chi connectivity index (χ0) is 17.2. The lowest BCUT2D eigenvalue weighted by molar-refractivity contribution is 0.0672. The Kier molecular flexibility index (Phi) is 4.09. The first kappa shape index (κ1) is 15.6. The Bertz CT molecular complexity index is 853. The van der Waals surface area contributed by atoms with Crippen molar-refractivity contribution in [2.24, 2.45) is 0 Å². The molecule has 6 nitrogen and oxygen atoms in total. The Morgan fingerprint density at radius 1 is 1.16 bits per heavy atom. The maximum Gasteiger partial charge on any atom is 0.257 e. The van der Waals surface area contributed by atoms with Crippen molar-refractivity contribution in [2.45, 2.75) is 25.8 Å². The van der Waals surface area contributed by atoms with E-state index >= 15 is 0 Å². The molecule has 1 aliphatic heterocycles. The van der Waals surface area contributed by atoms with Gasteiger partial charge in [-0.05, 0) is 38.0 Å². The molecule has 0 spiro atoms. The van der Waals surface area contributed by atoms with Gasteiger partial charge in [0, 0.05) is 25.5 Å². The minimum absolute atomic E-state index is 0.0523. The predicted molar refractivity (Wildman–Crippen MR) is 94.7 cm³/mol. The fourth-order valence-electron chi connectivity index (χ4n) is 3.47. The number of carbonyl (C=O) groups is 1. The smallest absolute Gasteiger partial charge is 0.257 e. The Balaban J connectivity index is 1.56. The summed E-state index contributed by atoms with van der Waals surface area (Å²) in [5, 5.41) is 8.75. The molecule has 1 amide bonds. The van der Waals surface area contributed by atoms with Crippen molar-refractivity contribution in [2.75, 3.05) is 13.1 Å². The minimum Gasteiger partial charge on any atom is -0.336 e. The highest BCUT2D eigenvalue weighted by atomic mass is 16.2. The van der Waals surface area contributed by atoms with Crippen LogP contribution >= 0.6 is 0 Å². The maximum atomic E-state index is 13.0. The number of benzene rings is 1. The van der Waals surface area contributed by atoms with Crippen LogP contribution in [0.3, 0.4) is 0 Å². The average Bonchev–Trinajstić information content (AvgIpc) is 3.32. The molecule has 0 aliphatic carbocycles. The van der Waals surface area contributed by atoms with Crippen LogP contribution in [0.4, 0.5) is 0 Å². The average molecular weight is 335 g/mol. The van der Waals surface area contributed by atoms with E-state index in [1.54, 1.807) is 12.4 Å². The summed E-state index contributed by atoms with van der Waals surface area (Å²) in [4.78, 5) is 14.9. The van der Waals surface area contributed by atoms with Crippen LogP contribution in [-0.2, 0) is 0 Å². The number of amides is 1. The summed E-state index contributed by atoms with van der Waals surface area (Å²) in [6.07, 6.45) is 7.48. The van der Waals surface area contributed by atoms with Gasteiger partial charge in [0.25, 0.3) is 5.91 Å². The van der Waals surface area contributed by atoms with Gasteiger partial charge in [0.05, 0.1) is 29.2 Å². The monoisotopic (exact) mass is 335 g/mol. The second-order valence-corrected chi connectivity index (χ2v) is 6.42. The van der Waals surface area contributed by atoms with Gasteiger partial charge in [0.2, 0.25) is 0 Å². The Morgan fingerprint density at radius 3 is 2.76 bits per heavy atom. The van der Waals surface area contributed by atoms with Crippen LogP contribution in [0.1, 0.15) is 34.9 Å². The van der Waals surface area contributed by atoms with Gasteiger partial charge in [-0.1, -0.05) is 18.2 Å². The molecule has 1 fully saturated rings. The molecule has 1 saturated heterocycles. The van der Waals surface area contributed by atoms with Gasteiger partial charge < -0.3 is 4.90 Å². The van der Waals surface area contributed by atoms with Crippen molar-refractivity contribution in [3.63, 3.8) is 0 Å². The molecule has 3 heterocycles. The number of hydrogen-bond donors (Lipinski definition) is 0. The third-order valence-corrected chi connectivity index (χ3v) is 4.82. The van der Waals surface area contributed by atoms with Crippen molar-refractivity contribution in [1.29, 1.82) is 0 Å². The molecule has 0 radical (unpaired) electrons. The maximum absolute atomic E-state index is 13.0. The van der Waals surface area contributed by atoms with Crippen LogP contribution in [-0.4, -0.2) is 43.5 Å². The third-order valence-electron chi connectivity index (χ3n) is 4.82. The van der Waals surface area contributed by atoms with Gasteiger partial charge in [-0.2, -0.15) is 10.2 Å². The van der Waals surface area contributed by atoms with Crippen molar-refractivity contribution < 1.29 is 4.79 Å². The van der Waals surface area contributed by atoms with Crippen LogP contribution in [0.5, 0.6) is 0 Å². The molecule has 1 atom stereocenters. The normalized spacial score (nSPS) is 17.6. The van der Waals surface area contributed by atoms with Gasteiger partial charge in [0.15, 0.2) is 0 Å². The fourth-order valence-corrected chi connectivity index (χ4v) is 3.47. The number of carbonyl (C=O) groups excluding carboxylic acids is 1. The van der Waals surface area contributed by atoms with E-state index in [4.69, 9.17) is 0 Å². The number of para-hydroxylation sites is 1. The SMILES string of the molecule is Cc1c(C(=O)N2CCCC(n3cccn3)C2)cnn1-c1ccccc1. The first-order valence-electron chi connectivity index (χ1n) is 8.62. The summed E-state index contributed by atoms with van der Waals surface area (Å²) in [7, 11) is 0. The summed E-state index contributed by atoms with van der Waals surface area (Å²) < 4.78 is 3.78. The zero-order valence-electron chi connectivity index (χ0n) is 14.2. The van der Waals surface area contributed by atoms with Crippen LogP contribution in [0, 0.1) is 6.92 Å². The number of hydrogen-bond acceptors (Lipinski definition) is 3. The summed E-state index contributed by atoms with van der Waals surface area (Å²) in [6.45, 7) is 3.42. The van der Waals surface area contributed by atoms with Gasteiger partial charge in [0.1, 0.15) is 0 Å². The van der Waals surface area contributed by atoms with E-state index in [2.05, 4.69) is 10.2 Å². The molecular weight excluding hydrogens is 314 g/mol. The van der Waals surface area contributed by atoms with Gasteiger partial charge in [-0.3, -0.25) is 9.48 Å². The molecule has 0 N–H and O–H groups in total. The van der Waals surface area contributed by atoms with Crippen LogP contribution in [0.2, 0.25) is 0 Å². The molecule has 1 aliphatic rings. The Hall–Kier alpha value is -2.89. The van der Waals surface area contributed by atoms with E-state index in [0.29, 0.717) is 12.1 Å². The molecule has 1 aromatic carbocycles. The van der Waals surface area contributed by atoms with E-state index < -0.39 is 0 Å². The lowest BCUT2D eigenvalue weighted by Gasteiger charge is -2.32. The van der Waals surface area contributed by atoms with Gasteiger partial charge >= 0.3 is 0 Å². The molecule has 0 bridgehead atoms. The van der Waals surface area contributed by atoms with Crippen LogP contribution < -0.4 is 0 Å². The molecule has 4 rings (SSSR count). The van der Waals surface area contributed by atoms with E-state index in [1.807, 2.05) is 63.8 Å². The number of aromatic nitrogens is 4. The second-order valence-electron chi connectivity index (χ2n) is 6.42. The lowest BCUT2D eigenvalue weighted by Crippen LogP contribution is -2.41. The highest BCUT2D eigenvalue weighted by Gasteiger charge is 2.27. The van der Waals surface area contributed by atoms with E-state index in [0.717, 1.165) is 30.8 Å². The van der Waals surface area contributed by atoms with Gasteiger partial charge in [-0.15, -0.1) is 0 Å². The summed E-state index contributed by atoms with van der Waals surface area (Å²) in [6, 6.07) is 12.1. The lowest BCUT2D eigenvalue weighted by atomic mass is 10.0. The van der Waals surface area contributed by atoms with Crippen molar-refractivity contribution in [3.8, 4) is 5.69 Å². The zero-order valence-corrected chi connectivity index (χ0v) is 14.2. The summed E-state index contributed by atoms with van der Waals surface area (Å²) >= 11 is 0. The molecular formula is C19H21N5O. The molecule has 128 valence electrons. The predicted octanol–water partition coefficient (Wildman–Crippen LogP) is 2.85. The third kappa shape index (κ3) is 2.95. The van der Waals surface area contributed by atoms with E-state index in [9.17, 15) is 4.79 Å². The summed E-state index contributed by atoms with van der Waals surface area (Å²) in [5.74, 6) is 0.0523. The molecule has 0 saturated carbocycles. The fraction of sp³-hybridized carbons (Fsp3) is 0.316. The molecule has 2 aromatic heterocycles. The highest BCUT2D eigenvalue weighted by molar-refractivity contribution is 5.95.